The summed E-state index contributed by atoms with van der Waals surface area (Å²) in [4.78, 5) is 31.1. The lowest BCUT2D eigenvalue weighted by atomic mass is 9.98. The lowest BCUT2D eigenvalue weighted by molar-refractivity contribution is 0.0706. The van der Waals surface area contributed by atoms with Gasteiger partial charge in [0.15, 0.2) is 0 Å². The minimum atomic E-state index is -0.157. The summed E-state index contributed by atoms with van der Waals surface area (Å²) in [5.41, 5.74) is 1.45. The van der Waals surface area contributed by atoms with E-state index in [1.807, 2.05) is 4.90 Å². The number of carbonyl (C=O) groups is 1. The summed E-state index contributed by atoms with van der Waals surface area (Å²) in [6.07, 6.45) is 3.68. The molecule has 1 unspecified atom stereocenters. The van der Waals surface area contributed by atoms with Crippen LogP contribution in [0, 0.1) is 0 Å². The molecule has 1 atom stereocenters. The zero-order valence-electron chi connectivity index (χ0n) is 14.4. The van der Waals surface area contributed by atoms with Gasteiger partial charge in [-0.25, -0.2) is 4.98 Å². The Labute approximate surface area is 146 Å². The van der Waals surface area contributed by atoms with E-state index in [1.54, 1.807) is 30.6 Å². The number of pyridine rings is 1. The van der Waals surface area contributed by atoms with Crippen LogP contribution in [0.2, 0.25) is 0 Å². The van der Waals surface area contributed by atoms with Crippen LogP contribution < -0.4 is 5.56 Å². The van der Waals surface area contributed by atoms with Gasteiger partial charge < -0.3 is 9.47 Å². The number of aromatic nitrogens is 2. The third-order valence-corrected chi connectivity index (χ3v) is 5.57. The van der Waals surface area contributed by atoms with Crippen molar-refractivity contribution in [2.45, 2.75) is 38.5 Å². The Morgan fingerprint density at radius 2 is 2.21 bits per heavy atom. The zero-order chi connectivity index (χ0) is 17.3. The van der Waals surface area contributed by atoms with Gasteiger partial charge in [-0.1, -0.05) is 13.8 Å². The van der Waals surface area contributed by atoms with Crippen molar-refractivity contribution >= 4 is 17.2 Å². The second-order valence-electron chi connectivity index (χ2n) is 6.72. The van der Waals surface area contributed by atoms with E-state index in [2.05, 4.69) is 19.2 Å². The van der Waals surface area contributed by atoms with Crippen LogP contribution in [-0.4, -0.2) is 33.4 Å². The molecule has 3 rings (SSSR count). The lowest BCUT2D eigenvalue weighted by Gasteiger charge is -2.32. The van der Waals surface area contributed by atoms with Crippen molar-refractivity contribution < 1.29 is 4.79 Å². The summed E-state index contributed by atoms with van der Waals surface area (Å²) in [7, 11) is 1.68. The maximum atomic E-state index is 12.7. The van der Waals surface area contributed by atoms with Crippen molar-refractivity contribution in [3.05, 3.63) is 50.3 Å². The van der Waals surface area contributed by atoms with Crippen molar-refractivity contribution in [2.75, 3.05) is 13.1 Å². The Kier molecular flexibility index (Phi) is 4.85. The van der Waals surface area contributed by atoms with Gasteiger partial charge in [-0.15, -0.1) is 11.3 Å². The van der Waals surface area contributed by atoms with Gasteiger partial charge in [0, 0.05) is 49.3 Å². The van der Waals surface area contributed by atoms with Crippen LogP contribution in [0.3, 0.4) is 0 Å². The first-order chi connectivity index (χ1) is 11.5. The van der Waals surface area contributed by atoms with E-state index < -0.39 is 0 Å². The van der Waals surface area contributed by atoms with Crippen molar-refractivity contribution in [3.63, 3.8) is 0 Å². The highest BCUT2D eigenvalue weighted by atomic mass is 32.1. The van der Waals surface area contributed by atoms with E-state index in [4.69, 9.17) is 4.98 Å². The van der Waals surface area contributed by atoms with Gasteiger partial charge in [0.1, 0.15) is 0 Å². The van der Waals surface area contributed by atoms with Gasteiger partial charge in [0.25, 0.3) is 11.5 Å². The highest BCUT2D eigenvalue weighted by Gasteiger charge is 2.27. The topological polar surface area (TPSA) is 55.2 Å². The SMILES string of the molecule is CC(C)c1csc(C2CCCN(C(=O)c3ccn(C)c(=O)c3)C2)n1. The normalized spacial score (nSPS) is 18.2. The largest absolute Gasteiger partial charge is 0.338 e. The van der Waals surface area contributed by atoms with E-state index in [1.165, 1.54) is 10.6 Å². The second-order valence-corrected chi connectivity index (χ2v) is 7.61. The molecule has 0 aromatic carbocycles. The van der Waals surface area contributed by atoms with E-state index >= 15 is 0 Å². The Morgan fingerprint density at radius 3 is 2.88 bits per heavy atom. The Hall–Kier alpha value is -1.95. The quantitative estimate of drug-likeness (QED) is 0.859. The molecule has 6 heteroatoms. The summed E-state index contributed by atoms with van der Waals surface area (Å²) < 4.78 is 1.47. The summed E-state index contributed by atoms with van der Waals surface area (Å²) in [5.74, 6) is 0.668. The van der Waals surface area contributed by atoms with Crippen LogP contribution in [0.5, 0.6) is 0 Å². The lowest BCUT2D eigenvalue weighted by Crippen LogP contribution is -2.39. The molecular formula is C18H23N3O2S. The highest BCUT2D eigenvalue weighted by molar-refractivity contribution is 7.09. The highest BCUT2D eigenvalue weighted by Crippen LogP contribution is 2.31. The Morgan fingerprint density at radius 1 is 1.42 bits per heavy atom. The molecule has 0 N–H and O–H groups in total. The zero-order valence-corrected chi connectivity index (χ0v) is 15.2. The molecule has 0 spiro atoms. The molecule has 24 heavy (non-hydrogen) atoms. The van der Waals surface area contributed by atoms with Crippen LogP contribution in [0.15, 0.2) is 28.5 Å². The van der Waals surface area contributed by atoms with E-state index in [-0.39, 0.29) is 11.5 Å². The van der Waals surface area contributed by atoms with Crippen molar-refractivity contribution in [2.24, 2.45) is 7.05 Å². The van der Waals surface area contributed by atoms with Crippen molar-refractivity contribution in [1.82, 2.24) is 14.5 Å². The molecule has 1 aliphatic rings. The summed E-state index contributed by atoms with van der Waals surface area (Å²) in [6, 6.07) is 3.14. The van der Waals surface area contributed by atoms with Gasteiger partial charge >= 0.3 is 0 Å². The third-order valence-electron chi connectivity index (χ3n) is 4.54. The number of piperidine rings is 1. The Bertz CT molecular complexity index is 794. The minimum Gasteiger partial charge on any atom is -0.338 e. The molecular weight excluding hydrogens is 322 g/mol. The molecule has 2 aromatic rings. The van der Waals surface area contributed by atoms with Gasteiger partial charge in [0.2, 0.25) is 0 Å². The van der Waals surface area contributed by atoms with Gasteiger partial charge in [-0.05, 0) is 24.8 Å². The first kappa shape index (κ1) is 16.9. The van der Waals surface area contributed by atoms with Crippen LogP contribution in [0.4, 0.5) is 0 Å². The van der Waals surface area contributed by atoms with Gasteiger partial charge in [0.05, 0.1) is 10.7 Å². The first-order valence-corrected chi connectivity index (χ1v) is 9.25. The van der Waals surface area contributed by atoms with Crippen LogP contribution in [-0.2, 0) is 7.05 Å². The number of nitrogens with zero attached hydrogens (tertiary/aromatic N) is 3. The molecule has 0 aliphatic carbocycles. The summed E-state index contributed by atoms with van der Waals surface area (Å²) in [6.45, 7) is 5.71. The maximum Gasteiger partial charge on any atom is 0.254 e. The van der Waals surface area contributed by atoms with Crippen LogP contribution in [0.1, 0.15) is 59.6 Å². The van der Waals surface area contributed by atoms with Crippen molar-refractivity contribution in [3.8, 4) is 0 Å². The number of rotatable bonds is 3. The smallest absolute Gasteiger partial charge is 0.254 e. The predicted octanol–water partition coefficient (Wildman–Crippen LogP) is 2.99. The molecule has 1 fully saturated rings. The molecule has 0 radical (unpaired) electrons. The first-order valence-electron chi connectivity index (χ1n) is 8.37. The molecule has 2 aromatic heterocycles. The number of likely N-dealkylation sites (tertiary alicyclic amines) is 1. The number of amides is 1. The van der Waals surface area contributed by atoms with Crippen LogP contribution in [0.25, 0.3) is 0 Å². The standard InChI is InChI=1S/C18H23N3O2S/c1-12(2)15-11-24-17(19-15)14-5-4-7-21(10-14)18(23)13-6-8-20(3)16(22)9-13/h6,8-9,11-12,14H,4-5,7,10H2,1-3H3. The molecule has 0 bridgehead atoms. The molecule has 0 saturated carbocycles. The predicted molar refractivity (Wildman–Crippen MR) is 95.8 cm³/mol. The molecule has 1 saturated heterocycles. The van der Waals surface area contributed by atoms with Crippen LogP contribution >= 0.6 is 11.3 Å². The fraction of sp³-hybridized carbons (Fsp3) is 0.500. The Balaban J connectivity index is 1.75. The van der Waals surface area contributed by atoms with E-state index in [9.17, 15) is 9.59 Å². The number of carbonyl (C=O) groups excluding carboxylic acids is 1. The number of hydrogen-bond donors (Lipinski definition) is 0. The minimum absolute atomic E-state index is 0.0574. The fourth-order valence-corrected chi connectivity index (χ4v) is 4.09. The van der Waals surface area contributed by atoms with Gasteiger partial charge in [-0.3, -0.25) is 9.59 Å². The second kappa shape index (κ2) is 6.89. The summed E-state index contributed by atoms with van der Waals surface area (Å²) >= 11 is 1.70. The number of thiazole rings is 1. The van der Waals surface area contributed by atoms with E-state index in [0.29, 0.717) is 23.9 Å². The number of aryl methyl sites for hydroxylation is 1. The average Bonchev–Trinajstić information content (AvgIpc) is 3.07. The molecule has 5 nitrogen and oxygen atoms in total. The third kappa shape index (κ3) is 3.43. The monoisotopic (exact) mass is 345 g/mol. The average molecular weight is 345 g/mol. The number of hydrogen-bond acceptors (Lipinski definition) is 4. The fourth-order valence-electron chi connectivity index (χ4n) is 2.98. The molecule has 3 heterocycles. The summed E-state index contributed by atoms with van der Waals surface area (Å²) in [5, 5.41) is 3.25. The van der Waals surface area contributed by atoms with Crippen molar-refractivity contribution in [1.29, 1.82) is 0 Å². The van der Waals surface area contributed by atoms with E-state index in [0.717, 1.165) is 30.1 Å². The molecule has 1 amide bonds. The molecule has 128 valence electrons. The van der Waals surface area contributed by atoms with Gasteiger partial charge in [-0.2, -0.15) is 0 Å². The molecule has 1 aliphatic heterocycles. The maximum absolute atomic E-state index is 12.7.